The van der Waals surface area contributed by atoms with Crippen molar-refractivity contribution in [2.75, 3.05) is 0 Å². The zero-order valence-electron chi connectivity index (χ0n) is 17.0. The molecule has 0 saturated carbocycles. The van der Waals surface area contributed by atoms with E-state index >= 15 is 0 Å². The summed E-state index contributed by atoms with van der Waals surface area (Å²) in [5.41, 5.74) is 3.38. The summed E-state index contributed by atoms with van der Waals surface area (Å²) in [5, 5.41) is 9.40. The molecule has 0 heterocycles. The maximum atomic E-state index is 11.5. The van der Waals surface area contributed by atoms with Crippen LogP contribution in [-0.4, -0.2) is 17.0 Å². The van der Waals surface area contributed by atoms with Gasteiger partial charge in [-0.2, -0.15) is 0 Å². The van der Waals surface area contributed by atoms with Crippen LogP contribution in [0.3, 0.4) is 0 Å². The van der Waals surface area contributed by atoms with Crippen LogP contribution < -0.4 is 4.74 Å². The summed E-state index contributed by atoms with van der Waals surface area (Å²) in [7, 11) is 0. The molecule has 0 spiro atoms. The molecule has 0 bridgehead atoms. The summed E-state index contributed by atoms with van der Waals surface area (Å²) >= 11 is 0. The van der Waals surface area contributed by atoms with Gasteiger partial charge >= 0.3 is 11.9 Å². The molecule has 0 fully saturated rings. The van der Waals surface area contributed by atoms with Crippen molar-refractivity contribution >= 4 is 11.9 Å². The fourth-order valence-electron chi connectivity index (χ4n) is 3.44. The number of carbonyl (C=O) groups is 2. The normalized spacial score (nSPS) is 11.8. The SMILES string of the molecule is CCCCCCCC(C)c1cc(C(=O)O)ccc1-c1ccc(OC(C)=O)cc1. The monoisotopic (exact) mass is 382 g/mol. The minimum absolute atomic E-state index is 0.268. The smallest absolute Gasteiger partial charge is 0.335 e. The zero-order chi connectivity index (χ0) is 20.5. The molecule has 1 unspecified atom stereocenters. The average molecular weight is 383 g/mol. The lowest BCUT2D eigenvalue weighted by Crippen LogP contribution is -2.03. The summed E-state index contributed by atoms with van der Waals surface area (Å²) in [4.78, 5) is 22.6. The maximum Gasteiger partial charge on any atom is 0.335 e. The summed E-state index contributed by atoms with van der Waals surface area (Å²) < 4.78 is 5.10. The second-order valence-corrected chi connectivity index (χ2v) is 7.33. The molecule has 2 aromatic carbocycles. The predicted octanol–water partition coefficient (Wildman–Crippen LogP) is 6.44. The Morgan fingerprint density at radius 3 is 2.29 bits per heavy atom. The van der Waals surface area contributed by atoms with Crippen LogP contribution in [-0.2, 0) is 4.79 Å². The van der Waals surface area contributed by atoms with Crippen molar-refractivity contribution in [2.24, 2.45) is 0 Å². The molecule has 1 atom stereocenters. The van der Waals surface area contributed by atoms with Crippen LogP contribution >= 0.6 is 0 Å². The van der Waals surface area contributed by atoms with Gasteiger partial charge in [-0.1, -0.05) is 64.2 Å². The Bertz CT molecular complexity index is 793. The molecule has 150 valence electrons. The van der Waals surface area contributed by atoms with Crippen molar-refractivity contribution in [2.45, 2.75) is 65.2 Å². The van der Waals surface area contributed by atoms with Gasteiger partial charge in [0.25, 0.3) is 0 Å². The largest absolute Gasteiger partial charge is 0.478 e. The number of hydrogen-bond acceptors (Lipinski definition) is 3. The Balaban J connectivity index is 2.25. The van der Waals surface area contributed by atoms with Gasteiger partial charge < -0.3 is 9.84 Å². The van der Waals surface area contributed by atoms with E-state index in [2.05, 4.69) is 13.8 Å². The molecule has 1 N–H and O–H groups in total. The highest BCUT2D eigenvalue weighted by atomic mass is 16.5. The maximum absolute atomic E-state index is 11.5. The van der Waals surface area contributed by atoms with Crippen molar-refractivity contribution in [3.05, 3.63) is 53.6 Å². The molecular weight excluding hydrogens is 352 g/mol. The molecule has 28 heavy (non-hydrogen) atoms. The third-order valence-corrected chi connectivity index (χ3v) is 5.00. The Morgan fingerprint density at radius 2 is 1.68 bits per heavy atom. The highest BCUT2D eigenvalue weighted by Crippen LogP contribution is 2.34. The number of carbonyl (C=O) groups excluding carboxylic acids is 1. The molecule has 0 aliphatic heterocycles. The van der Waals surface area contributed by atoms with Gasteiger partial charge in [0, 0.05) is 6.92 Å². The Kier molecular flexibility index (Phi) is 8.24. The van der Waals surface area contributed by atoms with Crippen LogP contribution in [0.5, 0.6) is 5.75 Å². The number of hydrogen-bond donors (Lipinski definition) is 1. The van der Waals surface area contributed by atoms with Gasteiger partial charge in [0.2, 0.25) is 0 Å². The molecule has 4 heteroatoms. The molecule has 0 aliphatic carbocycles. The van der Waals surface area contributed by atoms with E-state index in [1.165, 1.54) is 32.6 Å². The first kappa shape index (κ1) is 21.7. The first-order valence-electron chi connectivity index (χ1n) is 10.1. The second-order valence-electron chi connectivity index (χ2n) is 7.33. The lowest BCUT2D eigenvalue weighted by atomic mass is 9.87. The number of ether oxygens (including phenoxy) is 1. The van der Waals surface area contributed by atoms with E-state index in [1.54, 1.807) is 24.3 Å². The number of esters is 1. The van der Waals surface area contributed by atoms with Crippen molar-refractivity contribution in [3.8, 4) is 16.9 Å². The topological polar surface area (TPSA) is 63.6 Å². The van der Waals surface area contributed by atoms with Gasteiger partial charge in [-0.05, 0) is 53.3 Å². The first-order chi connectivity index (χ1) is 13.4. The van der Waals surface area contributed by atoms with Crippen LogP contribution in [0, 0.1) is 0 Å². The number of rotatable bonds is 10. The van der Waals surface area contributed by atoms with Gasteiger partial charge in [-0.3, -0.25) is 4.79 Å². The van der Waals surface area contributed by atoms with Crippen LogP contribution in [0.2, 0.25) is 0 Å². The zero-order valence-corrected chi connectivity index (χ0v) is 17.0. The Hall–Kier alpha value is -2.62. The van der Waals surface area contributed by atoms with Gasteiger partial charge in [0.1, 0.15) is 5.75 Å². The minimum atomic E-state index is -0.909. The predicted molar refractivity (Wildman–Crippen MR) is 112 cm³/mol. The second kappa shape index (κ2) is 10.6. The Morgan fingerprint density at radius 1 is 1.00 bits per heavy atom. The molecule has 0 saturated heterocycles. The lowest BCUT2D eigenvalue weighted by molar-refractivity contribution is -0.131. The van der Waals surface area contributed by atoms with E-state index in [-0.39, 0.29) is 11.9 Å². The molecule has 4 nitrogen and oxygen atoms in total. The van der Waals surface area contributed by atoms with Crippen LogP contribution in [0.4, 0.5) is 0 Å². The summed E-state index contributed by atoms with van der Waals surface area (Å²) in [5.74, 6) is -0.489. The van der Waals surface area contributed by atoms with Gasteiger partial charge in [-0.15, -0.1) is 0 Å². The van der Waals surface area contributed by atoms with Crippen LogP contribution in [0.15, 0.2) is 42.5 Å². The number of aromatic carboxylic acids is 1. The Labute approximate surface area is 167 Å². The average Bonchev–Trinajstić information content (AvgIpc) is 2.67. The van der Waals surface area contributed by atoms with E-state index in [4.69, 9.17) is 4.74 Å². The molecular formula is C24H30O4. The van der Waals surface area contributed by atoms with Crippen LogP contribution in [0.1, 0.15) is 81.1 Å². The first-order valence-corrected chi connectivity index (χ1v) is 10.1. The summed E-state index contributed by atoms with van der Waals surface area (Å²) in [6.45, 7) is 5.75. The standard InChI is InChI=1S/C24H30O4/c1-4-5-6-7-8-9-17(2)23-16-20(24(26)27)12-15-22(23)19-10-13-21(14-11-19)28-18(3)25/h10-17H,4-9H2,1-3H3,(H,26,27). The van der Waals surface area contributed by atoms with Crippen LogP contribution in [0.25, 0.3) is 11.1 Å². The van der Waals surface area contributed by atoms with Gasteiger partial charge in [0.15, 0.2) is 0 Å². The third kappa shape index (κ3) is 6.22. The molecule has 0 radical (unpaired) electrons. The third-order valence-electron chi connectivity index (χ3n) is 5.00. The number of carboxylic acids is 1. The molecule has 2 rings (SSSR count). The highest BCUT2D eigenvalue weighted by molar-refractivity contribution is 5.89. The van der Waals surface area contributed by atoms with E-state index in [9.17, 15) is 14.7 Å². The van der Waals surface area contributed by atoms with Gasteiger partial charge in [0.05, 0.1) is 5.56 Å². The summed E-state index contributed by atoms with van der Waals surface area (Å²) in [6, 6.07) is 12.7. The van der Waals surface area contributed by atoms with E-state index in [0.717, 1.165) is 29.5 Å². The number of benzene rings is 2. The van der Waals surface area contributed by atoms with Crippen molar-refractivity contribution in [1.82, 2.24) is 0 Å². The van der Waals surface area contributed by atoms with E-state index in [0.29, 0.717) is 11.3 Å². The van der Waals surface area contributed by atoms with E-state index in [1.807, 2.05) is 18.2 Å². The number of carboxylic acid groups (broad SMARTS) is 1. The van der Waals surface area contributed by atoms with Gasteiger partial charge in [-0.25, -0.2) is 4.79 Å². The van der Waals surface area contributed by atoms with Crippen molar-refractivity contribution in [3.63, 3.8) is 0 Å². The summed E-state index contributed by atoms with van der Waals surface area (Å²) in [6.07, 6.45) is 7.13. The quantitative estimate of drug-likeness (QED) is 0.292. The lowest BCUT2D eigenvalue weighted by Gasteiger charge is -2.18. The van der Waals surface area contributed by atoms with Crippen molar-refractivity contribution in [1.29, 1.82) is 0 Å². The number of unbranched alkanes of at least 4 members (excludes halogenated alkanes) is 4. The molecule has 0 aromatic heterocycles. The fourth-order valence-corrected chi connectivity index (χ4v) is 3.44. The molecule has 0 amide bonds. The van der Waals surface area contributed by atoms with E-state index < -0.39 is 5.97 Å². The molecule has 2 aromatic rings. The molecule has 0 aliphatic rings. The fraction of sp³-hybridized carbons (Fsp3) is 0.417. The minimum Gasteiger partial charge on any atom is -0.478 e. The van der Waals surface area contributed by atoms with Crippen molar-refractivity contribution < 1.29 is 19.4 Å². The highest BCUT2D eigenvalue weighted by Gasteiger charge is 2.15.